The van der Waals surface area contributed by atoms with Crippen molar-refractivity contribution >= 4 is 0 Å². The average Bonchev–Trinajstić information content (AvgIpc) is 3.10. The van der Waals surface area contributed by atoms with Crippen molar-refractivity contribution in [2.24, 2.45) is 0 Å². The fourth-order valence-corrected chi connectivity index (χ4v) is 2.67. The Labute approximate surface area is 127 Å². The van der Waals surface area contributed by atoms with Crippen LogP contribution in [0.5, 0.6) is 0 Å². The minimum atomic E-state index is 0.658. The van der Waals surface area contributed by atoms with Crippen molar-refractivity contribution in [1.82, 2.24) is 24.8 Å². The van der Waals surface area contributed by atoms with Crippen molar-refractivity contribution in [3.8, 4) is 11.6 Å². The largest absolute Gasteiger partial charge is 0.461 e. The molecule has 0 saturated carbocycles. The summed E-state index contributed by atoms with van der Waals surface area (Å²) in [5.41, 5.74) is 3.27. The number of hydrogen-bond acceptors (Lipinski definition) is 6. The van der Waals surface area contributed by atoms with Crippen molar-refractivity contribution in [2.45, 2.75) is 19.5 Å². The van der Waals surface area contributed by atoms with E-state index in [9.17, 15) is 0 Å². The predicted molar refractivity (Wildman–Crippen MR) is 79.6 cm³/mol. The van der Waals surface area contributed by atoms with Crippen molar-refractivity contribution in [3.63, 3.8) is 0 Å². The topological polar surface area (TPSA) is 67.9 Å². The van der Waals surface area contributed by atoms with E-state index in [1.54, 1.807) is 18.7 Å². The molecule has 3 aromatic heterocycles. The monoisotopic (exact) mass is 293 g/mol. The van der Waals surface area contributed by atoms with Crippen LogP contribution in [0.25, 0.3) is 11.6 Å². The quantitative estimate of drug-likeness (QED) is 0.736. The molecule has 110 valence electrons. The fourth-order valence-electron chi connectivity index (χ4n) is 2.67. The summed E-state index contributed by atoms with van der Waals surface area (Å²) in [6.45, 7) is 2.59. The van der Waals surface area contributed by atoms with Gasteiger partial charge in [0.15, 0.2) is 11.6 Å². The van der Waals surface area contributed by atoms with E-state index in [2.05, 4.69) is 24.8 Å². The Balaban J connectivity index is 1.52. The van der Waals surface area contributed by atoms with Gasteiger partial charge in [0.25, 0.3) is 0 Å². The molecule has 0 aromatic carbocycles. The van der Waals surface area contributed by atoms with E-state index in [4.69, 9.17) is 4.42 Å². The second-order valence-corrected chi connectivity index (χ2v) is 5.30. The average molecular weight is 293 g/mol. The molecule has 0 unspecified atom stereocenters. The Kier molecular flexibility index (Phi) is 3.36. The van der Waals surface area contributed by atoms with E-state index in [1.165, 1.54) is 5.56 Å². The van der Waals surface area contributed by atoms with Crippen LogP contribution in [0.15, 0.2) is 47.6 Å². The fraction of sp³-hybridized carbons (Fsp3) is 0.250. The number of hydrogen-bond donors (Lipinski definition) is 0. The lowest BCUT2D eigenvalue weighted by Gasteiger charge is -2.27. The first-order valence-electron chi connectivity index (χ1n) is 7.24. The van der Waals surface area contributed by atoms with Crippen LogP contribution < -0.4 is 0 Å². The molecule has 3 aromatic rings. The van der Waals surface area contributed by atoms with Crippen LogP contribution in [0.3, 0.4) is 0 Å². The maximum absolute atomic E-state index is 5.36. The molecule has 0 saturated heterocycles. The normalized spacial score (nSPS) is 14.7. The van der Waals surface area contributed by atoms with Crippen LogP contribution in [-0.2, 0) is 19.5 Å². The molecule has 6 heteroatoms. The zero-order valence-electron chi connectivity index (χ0n) is 12.0. The molecule has 4 rings (SSSR count). The molecule has 0 amide bonds. The number of furan rings is 1. The molecular formula is C16H15N5O. The maximum Gasteiger partial charge on any atom is 0.195 e. The summed E-state index contributed by atoms with van der Waals surface area (Å²) in [6.07, 6.45) is 9.69. The lowest BCUT2D eigenvalue weighted by molar-refractivity contribution is 0.240. The van der Waals surface area contributed by atoms with Gasteiger partial charge in [-0.25, -0.2) is 9.97 Å². The highest BCUT2D eigenvalue weighted by atomic mass is 16.3. The molecule has 0 radical (unpaired) electrons. The first-order valence-corrected chi connectivity index (χ1v) is 7.24. The number of rotatable bonds is 3. The van der Waals surface area contributed by atoms with Gasteiger partial charge in [0.1, 0.15) is 0 Å². The summed E-state index contributed by atoms with van der Waals surface area (Å²) >= 11 is 0. The smallest absolute Gasteiger partial charge is 0.195 e. The minimum absolute atomic E-state index is 0.658. The standard InChI is InChI=1S/C16H15N5O/c1-2-15(22-7-1)16-19-8-12-10-21(6-3-14(12)20-16)11-13-9-17-4-5-18-13/h1-2,4-5,7-9H,3,6,10-11H2. The third-order valence-electron chi connectivity index (χ3n) is 3.76. The molecular weight excluding hydrogens is 278 g/mol. The van der Waals surface area contributed by atoms with Crippen molar-refractivity contribution < 1.29 is 4.42 Å². The minimum Gasteiger partial charge on any atom is -0.461 e. The Bertz CT molecular complexity index is 757. The third kappa shape index (κ3) is 2.60. The van der Waals surface area contributed by atoms with Crippen LogP contribution in [0.1, 0.15) is 17.0 Å². The Morgan fingerprint density at radius 2 is 2.18 bits per heavy atom. The number of aromatic nitrogens is 4. The second kappa shape index (κ2) is 5.65. The highest BCUT2D eigenvalue weighted by molar-refractivity contribution is 5.46. The van der Waals surface area contributed by atoms with E-state index in [0.717, 1.165) is 37.4 Å². The summed E-state index contributed by atoms with van der Waals surface area (Å²) in [6, 6.07) is 3.73. The van der Waals surface area contributed by atoms with Gasteiger partial charge in [-0.2, -0.15) is 0 Å². The van der Waals surface area contributed by atoms with E-state index >= 15 is 0 Å². The van der Waals surface area contributed by atoms with Gasteiger partial charge in [0, 0.05) is 56.4 Å². The molecule has 0 atom stereocenters. The maximum atomic E-state index is 5.36. The van der Waals surface area contributed by atoms with E-state index < -0.39 is 0 Å². The Morgan fingerprint density at radius 3 is 3.00 bits per heavy atom. The third-order valence-corrected chi connectivity index (χ3v) is 3.76. The summed E-state index contributed by atoms with van der Waals surface area (Å²) in [4.78, 5) is 19.8. The van der Waals surface area contributed by atoms with Gasteiger partial charge in [-0.3, -0.25) is 14.9 Å². The van der Waals surface area contributed by atoms with Gasteiger partial charge >= 0.3 is 0 Å². The Hall–Kier alpha value is -2.60. The second-order valence-electron chi connectivity index (χ2n) is 5.30. The molecule has 0 spiro atoms. The summed E-state index contributed by atoms with van der Waals surface area (Å²) in [7, 11) is 0. The molecule has 22 heavy (non-hydrogen) atoms. The van der Waals surface area contributed by atoms with Crippen molar-refractivity contribution in [2.75, 3.05) is 6.54 Å². The summed E-state index contributed by atoms with van der Waals surface area (Å²) in [5, 5.41) is 0. The van der Waals surface area contributed by atoms with Crippen LogP contribution in [0.4, 0.5) is 0 Å². The molecule has 0 N–H and O–H groups in total. The van der Waals surface area contributed by atoms with Crippen LogP contribution in [-0.4, -0.2) is 31.4 Å². The SMILES string of the molecule is c1coc(-c2ncc3c(n2)CCN(Cc2cnccn2)C3)c1. The van der Waals surface area contributed by atoms with E-state index in [0.29, 0.717) is 11.6 Å². The molecule has 4 heterocycles. The first kappa shape index (κ1) is 13.1. The molecule has 1 aliphatic heterocycles. The number of fused-ring (bicyclic) bond motifs is 1. The summed E-state index contributed by atoms with van der Waals surface area (Å²) in [5.74, 6) is 1.37. The van der Waals surface area contributed by atoms with Crippen molar-refractivity contribution in [1.29, 1.82) is 0 Å². The van der Waals surface area contributed by atoms with Gasteiger partial charge in [-0.15, -0.1) is 0 Å². The summed E-state index contributed by atoms with van der Waals surface area (Å²) < 4.78 is 5.36. The number of nitrogens with zero attached hydrogens (tertiary/aromatic N) is 5. The van der Waals surface area contributed by atoms with Gasteiger partial charge < -0.3 is 4.42 Å². The highest BCUT2D eigenvalue weighted by Gasteiger charge is 2.19. The van der Waals surface area contributed by atoms with Crippen LogP contribution in [0, 0.1) is 0 Å². The zero-order valence-corrected chi connectivity index (χ0v) is 12.0. The van der Waals surface area contributed by atoms with Crippen LogP contribution >= 0.6 is 0 Å². The molecule has 0 bridgehead atoms. The van der Waals surface area contributed by atoms with Gasteiger partial charge in [-0.1, -0.05) is 0 Å². The molecule has 6 nitrogen and oxygen atoms in total. The van der Waals surface area contributed by atoms with E-state index in [1.807, 2.05) is 24.5 Å². The van der Waals surface area contributed by atoms with Gasteiger partial charge in [-0.05, 0) is 12.1 Å². The van der Waals surface area contributed by atoms with Gasteiger partial charge in [0.2, 0.25) is 0 Å². The van der Waals surface area contributed by atoms with Crippen LogP contribution in [0.2, 0.25) is 0 Å². The lowest BCUT2D eigenvalue weighted by atomic mass is 10.1. The zero-order chi connectivity index (χ0) is 14.8. The lowest BCUT2D eigenvalue weighted by Crippen LogP contribution is -2.31. The molecule has 0 aliphatic carbocycles. The highest BCUT2D eigenvalue weighted by Crippen LogP contribution is 2.21. The van der Waals surface area contributed by atoms with E-state index in [-0.39, 0.29) is 0 Å². The predicted octanol–water partition coefficient (Wildman–Crippen LogP) is 2.08. The van der Waals surface area contributed by atoms with Gasteiger partial charge in [0.05, 0.1) is 17.7 Å². The molecule has 0 fully saturated rings. The first-order chi connectivity index (χ1) is 10.9. The molecule has 1 aliphatic rings. The Morgan fingerprint density at radius 1 is 1.18 bits per heavy atom. The van der Waals surface area contributed by atoms with Crippen molar-refractivity contribution in [3.05, 3.63) is 60.1 Å².